The van der Waals surface area contributed by atoms with E-state index in [9.17, 15) is 14.4 Å². The Balaban J connectivity index is 1.40. The number of nitrogens with zero attached hydrogens (tertiary/aromatic N) is 2. The minimum atomic E-state index is -0.309. The zero-order valence-electron chi connectivity index (χ0n) is 15.8. The van der Waals surface area contributed by atoms with Gasteiger partial charge in [-0.15, -0.1) is 0 Å². The molecule has 0 bridgehead atoms. The Bertz CT molecular complexity index is 836. The van der Waals surface area contributed by atoms with Gasteiger partial charge in [-0.2, -0.15) is 0 Å². The first-order valence-corrected chi connectivity index (χ1v) is 9.15. The van der Waals surface area contributed by atoms with E-state index in [4.69, 9.17) is 4.74 Å². The maximum Gasteiger partial charge on any atom is 0.326 e. The maximum absolute atomic E-state index is 12.1. The van der Waals surface area contributed by atoms with Crippen LogP contribution in [-0.4, -0.2) is 47.8 Å². The Morgan fingerprint density at radius 2 is 1.79 bits per heavy atom. The van der Waals surface area contributed by atoms with Gasteiger partial charge in [-0.1, -0.05) is 30.3 Å². The van der Waals surface area contributed by atoms with Crippen LogP contribution in [0.2, 0.25) is 0 Å². The molecule has 0 aliphatic carbocycles. The second-order valence-electron chi connectivity index (χ2n) is 6.63. The molecule has 1 heterocycles. The highest BCUT2D eigenvalue weighted by Gasteiger charge is 2.32. The number of amides is 4. The minimum absolute atomic E-state index is 0.101. The lowest BCUT2D eigenvalue weighted by atomic mass is 10.2. The van der Waals surface area contributed by atoms with E-state index in [1.165, 1.54) is 9.80 Å². The van der Waals surface area contributed by atoms with Crippen molar-refractivity contribution in [1.82, 2.24) is 9.80 Å². The number of urea groups is 1. The lowest BCUT2D eigenvalue weighted by molar-refractivity contribution is -0.125. The second-order valence-corrected chi connectivity index (χ2v) is 6.63. The average Bonchev–Trinajstić information content (AvgIpc) is 2.94. The van der Waals surface area contributed by atoms with Crippen LogP contribution in [-0.2, 0) is 16.2 Å². The van der Waals surface area contributed by atoms with Crippen LogP contribution in [0.15, 0.2) is 54.6 Å². The van der Waals surface area contributed by atoms with Crippen LogP contribution in [0.3, 0.4) is 0 Å². The minimum Gasteiger partial charge on any atom is -0.489 e. The van der Waals surface area contributed by atoms with E-state index in [0.717, 1.165) is 11.3 Å². The molecule has 28 heavy (non-hydrogen) atoms. The van der Waals surface area contributed by atoms with Gasteiger partial charge in [-0.3, -0.25) is 14.5 Å². The number of rotatable bonds is 8. The molecule has 0 atom stereocenters. The fourth-order valence-electron chi connectivity index (χ4n) is 2.89. The summed E-state index contributed by atoms with van der Waals surface area (Å²) < 4.78 is 5.72. The van der Waals surface area contributed by atoms with Crippen molar-refractivity contribution in [2.45, 2.75) is 19.4 Å². The van der Waals surface area contributed by atoms with E-state index >= 15 is 0 Å². The van der Waals surface area contributed by atoms with E-state index < -0.39 is 0 Å². The SMILES string of the molecule is CN1CC(=O)N(CCCC(=O)Nc2ccc(OCc3ccccc3)cc2)C1=O. The number of anilines is 1. The van der Waals surface area contributed by atoms with Crippen LogP contribution in [0.25, 0.3) is 0 Å². The van der Waals surface area contributed by atoms with E-state index in [1.54, 1.807) is 31.3 Å². The predicted molar refractivity (Wildman–Crippen MR) is 105 cm³/mol. The molecule has 1 N–H and O–H groups in total. The summed E-state index contributed by atoms with van der Waals surface area (Å²) in [7, 11) is 1.58. The van der Waals surface area contributed by atoms with Gasteiger partial charge < -0.3 is 15.0 Å². The number of hydrogen-bond acceptors (Lipinski definition) is 4. The van der Waals surface area contributed by atoms with Crippen molar-refractivity contribution in [3.63, 3.8) is 0 Å². The molecular weight excluding hydrogens is 358 g/mol. The number of carbonyl (C=O) groups excluding carboxylic acids is 3. The summed E-state index contributed by atoms with van der Waals surface area (Å²) in [5, 5.41) is 2.81. The quantitative estimate of drug-likeness (QED) is 0.713. The number of nitrogens with one attached hydrogen (secondary N) is 1. The second kappa shape index (κ2) is 9.03. The third-order valence-electron chi connectivity index (χ3n) is 4.40. The highest BCUT2D eigenvalue weighted by molar-refractivity contribution is 6.01. The van der Waals surface area contributed by atoms with Gasteiger partial charge in [-0.25, -0.2) is 4.79 Å². The first kappa shape index (κ1) is 19.4. The summed E-state index contributed by atoms with van der Waals surface area (Å²) in [6.45, 7) is 0.834. The molecule has 7 nitrogen and oxygen atoms in total. The van der Waals surface area contributed by atoms with Crippen LogP contribution in [0.5, 0.6) is 5.75 Å². The first-order valence-electron chi connectivity index (χ1n) is 9.15. The highest BCUT2D eigenvalue weighted by atomic mass is 16.5. The van der Waals surface area contributed by atoms with Crippen molar-refractivity contribution < 1.29 is 19.1 Å². The van der Waals surface area contributed by atoms with Crippen molar-refractivity contribution in [2.75, 3.05) is 25.5 Å². The van der Waals surface area contributed by atoms with Crippen LogP contribution in [0.4, 0.5) is 10.5 Å². The van der Waals surface area contributed by atoms with E-state index in [-0.39, 0.29) is 37.4 Å². The van der Waals surface area contributed by atoms with Crippen molar-refractivity contribution in [2.24, 2.45) is 0 Å². The van der Waals surface area contributed by atoms with Crippen molar-refractivity contribution in [3.05, 3.63) is 60.2 Å². The summed E-state index contributed by atoms with van der Waals surface area (Å²) in [6, 6.07) is 16.7. The van der Waals surface area contributed by atoms with Gasteiger partial charge in [-0.05, 0) is 36.2 Å². The molecule has 0 radical (unpaired) electrons. The Labute approximate surface area is 163 Å². The van der Waals surface area contributed by atoms with Crippen molar-refractivity contribution >= 4 is 23.5 Å². The molecule has 2 aromatic carbocycles. The monoisotopic (exact) mass is 381 g/mol. The number of ether oxygens (including phenoxy) is 1. The van der Waals surface area contributed by atoms with Gasteiger partial charge >= 0.3 is 6.03 Å². The Morgan fingerprint density at radius 3 is 2.43 bits per heavy atom. The normalized spacial score (nSPS) is 13.8. The van der Waals surface area contributed by atoms with Crippen LogP contribution < -0.4 is 10.1 Å². The standard InChI is InChI=1S/C21H23N3O4/c1-23-14-20(26)24(21(23)27)13-5-8-19(25)22-17-9-11-18(12-10-17)28-15-16-6-3-2-4-7-16/h2-4,6-7,9-12H,5,8,13-15H2,1H3,(H,22,25). The molecular formula is C21H23N3O4. The molecule has 1 aliphatic heterocycles. The summed E-state index contributed by atoms with van der Waals surface area (Å²) in [5.41, 5.74) is 1.76. The van der Waals surface area contributed by atoms with Gasteiger partial charge in [0.1, 0.15) is 18.9 Å². The zero-order valence-corrected chi connectivity index (χ0v) is 15.8. The topological polar surface area (TPSA) is 79.0 Å². The van der Waals surface area contributed by atoms with Gasteiger partial charge in [0.2, 0.25) is 11.8 Å². The van der Waals surface area contributed by atoms with Crippen LogP contribution in [0, 0.1) is 0 Å². The third kappa shape index (κ3) is 5.09. The molecule has 3 rings (SSSR count). The molecule has 4 amide bonds. The van der Waals surface area contributed by atoms with Gasteiger partial charge in [0.25, 0.3) is 0 Å². The van der Waals surface area contributed by atoms with E-state index in [1.807, 2.05) is 30.3 Å². The first-order chi connectivity index (χ1) is 13.5. The highest BCUT2D eigenvalue weighted by Crippen LogP contribution is 2.17. The van der Waals surface area contributed by atoms with Crippen LogP contribution in [0.1, 0.15) is 18.4 Å². The lowest BCUT2D eigenvalue weighted by Crippen LogP contribution is -2.32. The van der Waals surface area contributed by atoms with Gasteiger partial charge in [0.15, 0.2) is 0 Å². The molecule has 1 aliphatic rings. The van der Waals surface area contributed by atoms with E-state index in [2.05, 4.69) is 5.32 Å². The smallest absolute Gasteiger partial charge is 0.326 e. The van der Waals surface area contributed by atoms with Gasteiger partial charge in [0.05, 0.1) is 0 Å². The fourth-order valence-corrected chi connectivity index (χ4v) is 2.89. The van der Waals surface area contributed by atoms with Crippen LogP contribution >= 0.6 is 0 Å². The lowest BCUT2D eigenvalue weighted by Gasteiger charge is -2.13. The predicted octanol–water partition coefficient (Wildman–Crippen LogP) is 2.88. The molecule has 2 aromatic rings. The average molecular weight is 381 g/mol. The Kier molecular flexibility index (Phi) is 6.26. The summed E-state index contributed by atoms with van der Waals surface area (Å²) in [4.78, 5) is 38.1. The molecule has 1 saturated heterocycles. The fraction of sp³-hybridized carbons (Fsp3) is 0.286. The van der Waals surface area contributed by atoms with E-state index in [0.29, 0.717) is 18.7 Å². The summed E-state index contributed by atoms with van der Waals surface area (Å²) in [5.74, 6) is 0.335. The Morgan fingerprint density at radius 1 is 1.07 bits per heavy atom. The number of benzene rings is 2. The maximum atomic E-state index is 12.1. The van der Waals surface area contributed by atoms with Crippen molar-refractivity contribution in [3.8, 4) is 5.75 Å². The van der Waals surface area contributed by atoms with Gasteiger partial charge in [0, 0.05) is 25.7 Å². The number of hydrogen-bond donors (Lipinski definition) is 1. The molecule has 0 saturated carbocycles. The summed E-state index contributed by atoms with van der Waals surface area (Å²) >= 11 is 0. The molecule has 146 valence electrons. The summed E-state index contributed by atoms with van der Waals surface area (Å²) in [6.07, 6.45) is 0.655. The number of carbonyl (C=O) groups is 3. The number of likely N-dealkylation sites (N-methyl/N-ethyl adjacent to an activating group) is 1. The largest absolute Gasteiger partial charge is 0.489 e. The Hall–Kier alpha value is -3.35. The number of imide groups is 1. The molecule has 0 spiro atoms. The zero-order chi connectivity index (χ0) is 19.9. The molecule has 0 aromatic heterocycles. The molecule has 7 heteroatoms. The third-order valence-corrected chi connectivity index (χ3v) is 4.40. The van der Waals surface area contributed by atoms with Crippen molar-refractivity contribution in [1.29, 1.82) is 0 Å². The molecule has 0 unspecified atom stereocenters. The molecule has 1 fully saturated rings.